The van der Waals surface area contributed by atoms with Gasteiger partial charge in [0, 0.05) is 28.1 Å². The molecule has 0 bridgehead atoms. The van der Waals surface area contributed by atoms with Gasteiger partial charge < -0.3 is 10.3 Å². The Balaban J connectivity index is 1.93. The molecule has 20 heavy (non-hydrogen) atoms. The van der Waals surface area contributed by atoms with Gasteiger partial charge in [0.1, 0.15) is 11.6 Å². The molecule has 0 radical (unpaired) electrons. The number of pyridine rings is 1. The molecule has 4 nitrogen and oxygen atoms in total. The molecule has 5 heteroatoms. The van der Waals surface area contributed by atoms with Crippen LogP contribution in [0.1, 0.15) is 0 Å². The number of fused-ring (bicyclic) bond motifs is 2. The summed E-state index contributed by atoms with van der Waals surface area (Å²) in [5.41, 5.74) is 2.83. The van der Waals surface area contributed by atoms with Crippen molar-refractivity contribution in [1.29, 1.82) is 0 Å². The van der Waals surface area contributed by atoms with Crippen LogP contribution >= 0.6 is 11.3 Å². The van der Waals surface area contributed by atoms with Gasteiger partial charge in [0.15, 0.2) is 5.65 Å². The van der Waals surface area contributed by atoms with E-state index in [0.717, 1.165) is 28.4 Å². The molecule has 0 saturated carbocycles. The van der Waals surface area contributed by atoms with Gasteiger partial charge in [-0.3, -0.25) is 0 Å². The van der Waals surface area contributed by atoms with Gasteiger partial charge in [-0.2, -0.15) is 0 Å². The number of nitrogens with zero attached hydrogens (tertiary/aromatic N) is 2. The number of thiophene rings is 1. The standard InChI is InChI=1S/C15H12N4S/c1-16-13-7-6-11-15(18-13)19-14(17-11)10-8-20-12-5-3-2-4-9(10)12/h2-8H,1H3,(H2,16,17,18,19). The van der Waals surface area contributed by atoms with Gasteiger partial charge >= 0.3 is 0 Å². The van der Waals surface area contributed by atoms with Gasteiger partial charge in [0.05, 0.1) is 5.52 Å². The maximum atomic E-state index is 4.61. The zero-order chi connectivity index (χ0) is 13.5. The first-order chi connectivity index (χ1) is 9.85. The topological polar surface area (TPSA) is 53.6 Å². The average molecular weight is 280 g/mol. The van der Waals surface area contributed by atoms with Crippen LogP contribution in [-0.4, -0.2) is 22.0 Å². The highest BCUT2D eigenvalue weighted by Crippen LogP contribution is 2.33. The van der Waals surface area contributed by atoms with Crippen LogP contribution in [0.3, 0.4) is 0 Å². The molecule has 4 rings (SSSR count). The molecule has 2 N–H and O–H groups in total. The van der Waals surface area contributed by atoms with Crippen LogP contribution < -0.4 is 5.32 Å². The summed E-state index contributed by atoms with van der Waals surface area (Å²) in [5.74, 6) is 1.70. The number of anilines is 1. The van der Waals surface area contributed by atoms with Crippen molar-refractivity contribution < 1.29 is 0 Å². The third kappa shape index (κ3) is 1.67. The van der Waals surface area contributed by atoms with Crippen molar-refractivity contribution in [2.24, 2.45) is 0 Å². The van der Waals surface area contributed by atoms with E-state index < -0.39 is 0 Å². The van der Waals surface area contributed by atoms with E-state index in [-0.39, 0.29) is 0 Å². The summed E-state index contributed by atoms with van der Waals surface area (Å²) in [6.07, 6.45) is 0. The Morgan fingerprint density at radius 3 is 2.90 bits per heavy atom. The maximum absolute atomic E-state index is 4.61. The lowest BCUT2D eigenvalue weighted by molar-refractivity contribution is 1.29. The van der Waals surface area contributed by atoms with Crippen LogP contribution in [0.2, 0.25) is 0 Å². The van der Waals surface area contributed by atoms with Gasteiger partial charge in [-0.25, -0.2) is 9.97 Å². The van der Waals surface area contributed by atoms with Crippen LogP contribution in [0.4, 0.5) is 5.82 Å². The van der Waals surface area contributed by atoms with Crippen LogP contribution in [0.15, 0.2) is 41.8 Å². The van der Waals surface area contributed by atoms with E-state index in [9.17, 15) is 0 Å². The predicted molar refractivity (Wildman–Crippen MR) is 84.3 cm³/mol. The second-order valence-corrected chi connectivity index (χ2v) is 5.46. The number of benzene rings is 1. The van der Waals surface area contributed by atoms with E-state index in [4.69, 9.17) is 0 Å². The lowest BCUT2D eigenvalue weighted by Gasteiger charge is -1.95. The molecule has 0 unspecified atom stereocenters. The molecule has 0 atom stereocenters. The molecule has 0 spiro atoms. The fraction of sp³-hybridized carbons (Fsp3) is 0.0667. The third-order valence-corrected chi connectivity index (χ3v) is 4.30. The van der Waals surface area contributed by atoms with E-state index in [1.807, 2.05) is 19.2 Å². The molecule has 3 aromatic heterocycles. The summed E-state index contributed by atoms with van der Waals surface area (Å²) >= 11 is 1.73. The molecule has 1 aromatic carbocycles. The molecule has 0 aliphatic carbocycles. The number of imidazole rings is 1. The smallest absolute Gasteiger partial charge is 0.180 e. The van der Waals surface area contributed by atoms with Crippen molar-refractivity contribution in [2.45, 2.75) is 0 Å². The first-order valence-electron chi connectivity index (χ1n) is 6.36. The molecule has 0 fully saturated rings. The Hall–Kier alpha value is -2.40. The Kier molecular flexibility index (Phi) is 2.47. The molecule has 3 heterocycles. The highest BCUT2D eigenvalue weighted by atomic mass is 32.1. The largest absolute Gasteiger partial charge is 0.373 e. The first kappa shape index (κ1) is 11.4. The first-order valence-corrected chi connectivity index (χ1v) is 7.24. The average Bonchev–Trinajstić information content (AvgIpc) is 3.09. The number of aromatic amines is 1. The highest BCUT2D eigenvalue weighted by Gasteiger charge is 2.11. The number of rotatable bonds is 2. The number of H-pyrrole nitrogens is 1. The zero-order valence-corrected chi connectivity index (χ0v) is 11.7. The van der Waals surface area contributed by atoms with E-state index in [2.05, 4.69) is 49.9 Å². The lowest BCUT2D eigenvalue weighted by atomic mass is 10.2. The molecule has 0 amide bonds. The van der Waals surface area contributed by atoms with Crippen molar-refractivity contribution >= 4 is 38.4 Å². The maximum Gasteiger partial charge on any atom is 0.180 e. The van der Waals surface area contributed by atoms with Gasteiger partial charge in [-0.05, 0) is 18.2 Å². The van der Waals surface area contributed by atoms with Gasteiger partial charge in [0.25, 0.3) is 0 Å². The number of hydrogen-bond acceptors (Lipinski definition) is 4. The summed E-state index contributed by atoms with van der Waals surface area (Å²) in [5, 5.41) is 6.40. The molecule has 0 aliphatic rings. The molecule has 98 valence electrons. The van der Waals surface area contributed by atoms with Gasteiger partial charge in [-0.15, -0.1) is 11.3 Å². The minimum Gasteiger partial charge on any atom is -0.373 e. The van der Waals surface area contributed by atoms with E-state index in [1.54, 1.807) is 11.3 Å². The minimum atomic E-state index is 0.738. The van der Waals surface area contributed by atoms with Crippen molar-refractivity contribution in [3.63, 3.8) is 0 Å². The predicted octanol–water partition coefficient (Wildman–Crippen LogP) is 3.88. The number of hydrogen-bond donors (Lipinski definition) is 2. The normalized spacial score (nSPS) is 11.2. The summed E-state index contributed by atoms with van der Waals surface area (Å²) in [4.78, 5) is 12.4. The van der Waals surface area contributed by atoms with E-state index >= 15 is 0 Å². The Morgan fingerprint density at radius 1 is 1.10 bits per heavy atom. The number of aromatic nitrogens is 3. The van der Waals surface area contributed by atoms with Crippen LogP contribution in [0.5, 0.6) is 0 Å². The fourth-order valence-electron chi connectivity index (χ4n) is 2.32. The SMILES string of the molecule is CNc1ccc2[nH]c(-c3csc4ccccc34)nc2n1. The van der Waals surface area contributed by atoms with Gasteiger partial charge in [-0.1, -0.05) is 18.2 Å². The molecule has 0 saturated heterocycles. The lowest BCUT2D eigenvalue weighted by Crippen LogP contribution is -1.91. The second-order valence-electron chi connectivity index (χ2n) is 4.55. The van der Waals surface area contributed by atoms with Crippen molar-refractivity contribution in [3.05, 3.63) is 41.8 Å². The summed E-state index contributed by atoms with van der Waals surface area (Å²) in [6.45, 7) is 0. The molecular formula is C15H12N4S. The number of nitrogens with one attached hydrogen (secondary N) is 2. The summed E-state index contributed by atoms with van der Waals surface area (Å²) in [7, 11) is 1.86. The monoisotopic (exact) mass is 280 g/mol. The molecule has 0 aliphatic heterocycles. The Labute approximate surface area is 119 Å². The second kappa shape index (κ2) is 4.31. The fourth-order valence-corrected chi connectivity index (χ4v) is 3.27. The van der Waals surface area contributed by atoms with E-state index in [1.165, 1.54) is 10.1 Å². The van der Waals surface area contributed by atoms with Gasteiger partial charge in [0.2, 0.25) is 0 Å². The van der Waals surface area contributed by atoms with Crippen molar-refractivity contribution in [1.82, 2.24) is 15.0 Å². The zero-order valence-electron chi connectivity index (χ0n) is 10.8. The van der Waals surface area contributed by atoms with E-state index in [0.29, 0.717) is 0 Å². The molecule has 4 aromatic rings. The minimum absolute atomic E-state index is 0.738. The molecular weight excluding hydrogens is 268 g/mol. The Morgan fingerprint density at radius 2 is 2.00 bits per heavy atom. The summed E-state index contributed by atoms with van der Waals surface area (Å²) < 4.78 is 1.27. The van der Waals surface area contributed by atoms with Crippen LogP contribution in [0, 0.1) is 0 Å². The van der Waals surface area contributed by atoms with Crippen molar-refractivity contribution in [2.75, 3.05) is 12.4 Å². The quantitative estimate of drug-likeness (QED) is 0.586. The van der Waals surface area contributed by atoms with Crippen LogP contribution in [0.25, 0.3) is 32.6 Å². The third-order valence-electron chi connectivity index (χ3n) is 3.34. The van der Waals surface area contributed by atoms with Crippen LogP contribution in [-0.2, 0) is 0 Å². The van der Waals surface area contributed by atoms with Crippen molar-refractivity contribution in [3.8, 4) is 11.4 Å². The Bertz CT molecular complexity index is 906. The highest BCUT2D eigenvalue weighted by molar-refractivity contribution is 7.17. The summed E-state index contributed by atoms with van der Waals surface area (Å²) in [6, 6.07) is 12.3.